The highest BCUT2D eigenvalue weighted by molar-refractivity contribution is 5.73. The summed E-state index contributed by atoms with van der Waals surface area (Å²) in [4.78, 5) is 11.0. The predicted octanol–water partition coefficient (Wildman–Crippen LogP) is 2.36. The molecule has 0 fully saturated rings. The van der Waals surface area contributed by atoms with Crippen molar-refractivity contribution in [2.75, 3.05) is 0 Å². The van der Waals surface area contributed by atoms with Crippen LogP contribution in [0.4, 0.5) is 0 Å². The zero-order valence-electron chi connectivity index (χ0n) is 8.45. The highest BCUT2D eigenvalue weighted by Crippen LogP contribution is 2.38. The second kappa shape index (κ2) is 3.12. The van der Waals surface area contributed by atoms with E-state index in [0.717, 1.165) is 0 Å². The molecule has 1 aromatic rings. The first-order valence-electron chi connectivity index (χ1n) is 4.92. The molecule has 0 bridgehead atoms. The van der Waals surface area contributed by atoms with E-state index >= 15 is 0 Å². The molecule has 2 atom stereocenters. The average molecular weight is 190 g/mol. The van der Waals surface area contributed by atoms with Crippen molar-refractivity contribution in [3.63, 3.8) is 0 Å². The Hall–Kier alpha value is -1.31. The third-order valence-corrected chi connectivity index (χ3v) is 3.28. The molecule has 0 aliphatic heterocycles. The molecule has 0 saturated carbocycles. The van der Waals surface area contributed by atoms with E-state index in [4.69, 9.17) is 5.11 Å². The minimum absolute atomic E-state index is 0.155. The monoisotopic (exact) mass is 190 g/mol. The van der Waals surface area contributed by atoms with Crippen LogP contribution in [0.15, 0.2) is 18.2 Å². The largest absolute Gasteiger partial charge is 0.481 e. The summed E-state index contributed by atoms with van der Waals surface area (Å²) >= 11 is 0. The van der Waals surface area contributed by atoms with Crippen LogP contribution in [0.3, 0.4) is 0 Å². The van der Waals surface area contributed by atoms with Crippen molar-refractivity contribution >= 4 is 5.97 Å². The molecular weight excluding hydrogens is 176 g/mol. The van der Waals surface area contributed by atoms with Gasteiger partial charge in [0.1, 0.15) is 0 Å². The fraction of sp³-hybridized carbons (Fsp3) is 0.417. The number of carbonyl (C=O) groups is 1. The molecule has 0 spiro atoms. The summed E-state index contributed by atoms with van der Waals surface area (Å²) in [6.45, 7) is 4.06. The first-order valence-corrected chi connectivity index (χ1v) is 4.92. The molecule has 74 valence electrons. The molecule has 2 heteroatoms. The van der Waals surface area contributed by atoms with Crippen LogP contribution in [0, 0.1) is 12.8 Å². The Kier molecular flexibility index (Phi) is 2.06. The summed E-state index contributed by atoms with van der Waals surface area (Å²) < 4.78 is 0. The lowest BCUT2D eigenvalue weighted by atomic mass is 9.95. The fourth-order valence-electron chi connectivity index (χ4n) is 2.35. The van der Waals surface area contributed by atoms with Gasteiger partial charge in [0.25, 0.3) is 0 Å². The van der Waals surface area contributed by atoms with E-state index in [1.807, 2.05) is 13.0 Å². The van der Waals surface area contributed by atoms with E-state index in [9.17, 15) is 4.79 Å². The molecule has 0 radical (unpaired) electrons. The van der Waals surface area contributed by atoms with Crippen LogP contribution < -0.4 is 0 Å². The standard InChI is InChI=1S/C12H14O2/c1-7-4-3-5-9-8(2)11(12(13)14)6-10(7)9/h3-5,8,11H,6H2,1-2H3,(H,13,14)/t8-,11+/m1/s1. The van der Waals surface area contributed by atoms with E-state index in [-0.39, 0.29) is 11.8 Å². The van der Waals surface area contributed by atoms with Crippen LogP contribution in [-0.2, 0) is 11.2 Å². The van der Waals surface area contributed by atoms with Crippen molar-refractivity contribution < 1.29 is 9.90 Å². The second-order valence-corrected chi connectivity index (χ2v) is 4.08. The molecule has 14 heavy (non-hydrogen) atoms. The number of hydrogen-bond donors (Lipinski definition) is 1. The molecule has 1 aromatic carbocycles. The van der Waals surface area contributed by atoms with Gasteiger partial charge >= 0.3 is 5.97 Å². The van der Waals surface area contributed by atoms with Gasteiger partial charge in [0.05, 0.1) is 5.92 Å². The Morgan fingerprint density at radius 1 is 1.50 bits per heavy atom. The number of aryl methyl sites for hydroxylation is 1. The van der Waals surface area contributed by atoms with Crippen molar-refractivity contribution in [2.24, 2.45) is 5.92 Å². The SMILES string of the molecule is Cc1cccc2c1C[C@H](C(=O)O)[C@@H]2C. The fourth-order valence-corrected chi connectivity index (χ4v) is 2.35. The van der Waals surface area contributed by atoms with E-state index in [2.05, 4.69) is 19.1 Å². The molecule has 2 nitrogen and oxygen atoms in total. The first-order chi connectivity index (χ1) is 6.61. The van der Waals surface area contributed by atoms with Crippen molar-refractivity contribution in [3.05, 3.63) is 34.9 Å². The van der Waals surface area contributed by atoms with Crippen molar-refractivity contribution in [3.8, 4) is 0 Å². The van der Waals surface area contributed by atoms with E-state index in [1.54, 1.807) is 0 Å². The average Bonchev–Trinajstić information content (AvgIpc) is 2.46. The lowest BCUT2D eigenvalue weighted by Gasteiger charge is -2.09. The number of rotatable bonds is 1. The van der Waals surface area contributed by atoms with Crippen LogP contribution in [0.25, 0.3) is 0 Å². The van der Waals surface area contributed by atoms with Crippen molar-refractivity contribution in [2.45, 2.75) is 26.2 Å². The first kappa shape index (κ1) is 9.25. The molecule has 1 aliphatic rings. The molecule has 0 unspecified atom stereocenters. The van der Waals surface area contributed by atoms with Crippen LogP contribution in [0.5, 0.6) is 0 Å². The van der Waals surface area contributed by atoms with Crippen LogP contribution in [-0.4, -0.2) is 11.1 Å². The van der Waals surface area contributed by atoms with Gasteiger partial charge in [-0.3, -0.25) is 4.79 Å². The maximum absolute atomic E-state index is 11.0. The summed E-state index contributed by atoms with van der Waals surface area (Å²) in [6.07, 6.45) is 0.693. The Bertz CT molecular complexity index is 382. The normalized spacial score (nSPS) is 24.7. The Balaban J connectivity index is 2.45. The number of hydrogen-bond acceptors (Lipinski definition) is 1. The summed E-state index contributed by atoms with van der Waals surface area (Å²) in [7, 11) is 0. The molecule has 0 aromatic heterocycles. The van der Waals surface area contributed by atoms with Crippen LogP contribution in [0.2, 0.25) is 0 Å². The van der Waals surface area contributed by atoms with Gasteiger partial charge < -0.3 is 5.11 Å². The van der Waals surface area contributed by atoms with Gasteiger partial charge in [-0.05, 0) is 36.0 Å². The Morgan fingerprint density at radius 3 is 2.79 bits per heavy atom. The molecule has 1 aliphatic carbocycles. The number of fused-ring (bicyclic) bond motifs is 1. The minimum Gasteiger partial charge on any atom is -0.481 e. The molecule has 1 N–H and O–H groups in total. The number of aliphatic carboxylic acids is 1. The lowest BCUT2D eigenvalue weighted by molar-refractivity contribution is -0.142. The predicted molar refractivity (Wildman–Crippen MR) is 54.4 cm³/mol. The molecule has 0 heterocycles. The maximum atomic E-state index is 11.0. The third-order valence-electron chi connectivity index (χ3n) is 3.28. The van der Waals surface area contributed by atoms with Crippen LogP contribution in [0.1, 0.15) is 29.5 Å². The van der Waals surface area contributed by atoms with Gasteiger partial charge in [0.2, 0.25) is 0 Å². The van der Waals surface area contributed by atoms with Gasteiger partial charge in [-0.1, -0.05) is 25.1 Å². The summed E-state index contributed by atoms with van der Waals surface area (Å²) in [6, 6.07) is 6.11. The maximum Gasteiger partial charge on any atom is 0.307 e. The third kappa shape index (κ3) is 1.22. The number of carboxylic acids is 1. The summed E-state index contributed by atoms with van der Waals surface area (Å²) in [5.74, 6) is -0.749. The van der Waals surface area contributed by atoms with Gasteiger partial charge in [-0.25, -0.2) is 0 Å². The van der Waals surface area contributed by atoms with Crippen LogP contribution >= 0.6 is 0 Å². The highest BCUT2D eigenvalue weighted by atomic mass is 16.4. The van der Waals surface area contributed by atoms with E-state index in [1.165, 1.54) is 16.7 Å². The minimum atomic E-state index is -0.673. The smallest absolute Gasteiger partial charge is 0.307 e. The van der Waals surface area contributed by atoms with E-state index in [0.29, 0.717) is 6.42 Å². The Morgan fingerprint density at radius 2 is 2.21 bits per heavy atom. The van der Waals surface area contributed by atoms with Crippen molar-refractivity contribution in [1.82, 2.24) is 0 Å². The highest BCUT2D eigenvalue weighted by Gasteiger charge is 2.34. The zero-order chi connectivity index (χ0) is 10.3. The molecule has 0 saturated heterocycles. The van der Waals surface area contributed by atoms with Gasteiger partial charge in [0, 0.05) is 0 Å². The molecule has 0 amide bonds. The molecule has 2 rings (SSSR count). The number of benzene rings is 1. The Labute approximate surface area is 83.6 Å². The second-order valence-electron chi connectivity index (χ2n) is 4.08. The van der Waals surface area contributed by atoms with Gasteiger partial charge in [-0.2, -0.15) is 0 Å². The van der Waals surface area contributed by atoms with E-state index < -0.39 is 5.97 Å². The quantitative estimate of drug-likeness (QED) is 0.738. The molecular formula is C12H14O2. The van der Waals surface area contributed by atoms with Gasteiger partial charge in [0.15, 0.2) is 0 Å². The topological polar surface area (TPSA) is 37.3 Å². The zero-order valence-corrected chi connectivity index (χ0v) is 8.45. The van der Waals surface area contributed by atoms with Gasteiger partial charge in [-0.15, -0.1) is 0 Å². The van der Waals surface area contributed by atoms with Crippen molar-refractivity contribution in [1.29, 1.82) is 0 Å². The summed E-state index contributed by atoms with van der Waals surface area (Å²) in [5.41, 5.74) is 3.68. The number of carboxylic acid groups (broad SMARTS) is 1. The lowest BCUT2D eigenvalue weighted by Crippen LogP contribution is -2.16. The summed E-state index contributed by atoms with van der Waals surface area (Å²) in [5, 5.41) is 9.05.